The van der Waals surface area contributed by atoms with E-state index in [-0.39, 0.29) is 11.5 Å². The summed E-state index contributed by atoms with van der Waals surface area (Å²) in [6.45, 7) is 1.64. The summed E-state index contributed by atoms with van der Waals surface area (Å²) in [6, 6.07) is 4.71. The second-order valence-corrected chi connectivity index (χ2v) is 4.30. The SMILES string of the molecule is Cc1c(NC(=O)c2cnns2)cccc1C(=O)O. The first-order valence-electron chi connectivity index (χ1n) is 5.01. The first kappa shape index (κ1) is 12.2. The van der Waals surface area contributed by atoms with Gasteiger partial charge in [0.1, 0.15) is 4.88 Å². The van der Waals surface area contributed by atoms with Crippen LogP contribution in [0.15, 0.2) is 24.4 Å². The number of aromatic carboxylic acids is 1. The Morgan fingerprint density at radius 1 is 1.39 bits per heavy atom. The summed E-state index contributed by atoms with van der Waals surface area (Å²) in [5, 5.41) is 15.2. The van der Waals surface area contributed by atoms with Crippen molar-refractivity contribution in [3.8, 4) is 0 Å². The maximum absolute atomic E-state index is 11.8. The largest absolute Gasteiger partial charge is 0.478 e. The minimum absolute atomic E-state index is 0.162. The van der Waals surface area contributed by atoms with Gasteiger partial charge in [0.25, 0.3) is 5.91 Å². The Morgan fingerprint density at radius 2 is 2.17 bits per heavy atom. The fourth-order valence-electron chi connectivity index (χ4n) is 1.45. The highest BCUT2D eigenvalue weighted by molar-refractivity contribution is 7.07. The fourth-order valence-corrected chi connectivity index (χ4v) is 1.86. The van der Waals surface area contributed by atoms with Gasteiger partial charge in [0.15, 0.2) is 0 Å². The van der Waals surface area contributed by atoms with E-state index in [1.807, 2.05) is 0 Å². The molecule has 0 aliphatic carbocycles. The van der Waals surface area contributed by atoms with Crippen LogP contribution in [-0.4, -0.2) is 26.6 Å². The molecule has 0 atom stereocenters. The lowest BCUT2D eigenvalue weighted by Gasteiger charge is -2.09. The number of anilines is 1. The number of rotatable bonds is 3. The average molecular weight is 263 g/mol. The number of carbonyl (C=O) groups is 2. The van der Waals surface area contributed by atoms with Gasteiger partial charge in [-0.15, -0.1) is 5.10 Å². The zero-order valence-corrected chi connectivity index (χ0v) is 10.2. The molecule has 1 heterocycles. The molecule has 2 N–H and O–H groups in total. The van der Waals surface area contributed by atoms with Crippen molar-refractivity contribution in [2.24, 2.45) is 0 Å². The maximum Gasteiger partial charge on any atom is 0.336 e. The molecule has 0 aliphatic heterocycles. The number of nitrogens with zero attached hydrogens (tertiary/aromatic N) is 2. The average Bonchev–Trinajstić information content (AvgIpc) is 2.85. The molecule has 18 heavy (non-hydrogen) atoms. The fraction of sp³-hybridized carbons (Fsp3) is 0.0909. The lowest BCUT2D eigenvalue weighted by atomic mass is 10.1. The van der Waals surface area contributed by atoms with Gasteiger partial charge in [-0.05, 0) is 36.2 Å². The molecule has 6 nitrogen and oxygen atoms in total. The Kier molecular flexibility index (Phi) is 3.33. The second-order valence-electron chi connectivity index (χ2n) is 3.52. The Labute approximate surface area is 106 Å². The van der Waals surface area contributed by atoms with Crippen molar-refractivity contribution < 1.29 is 14.7 Å². The van der Waals surface area contributed by atoms with E-state index in [9.17, 15) is 9.59 Å². The third-order valence-electron chi connectivity index (χ3n) is 2.40. The molecule has 2 rings (SSSR count). The number of amides is 1. The monoisotopic (exact) mass is 263 g/mol. The van der Waals surface area contributed by atoms with Crippen molar-refractivity contribution in [1.82, 2.24) is 9.59 Å². The normalized spacial score (nSPS) is 10.1. The van der Waals surface area contributed by atoms with Crippen LogP contribution in [0.1, 0.15) is 25.6 Å². The molecule has 0 saturated carbocycles. The van der Waals surface area contributed by atoms with E-state index in [4.69, 9.17) is 5.11 Å². The molecule has 1 aromatic carbocycles. The lowest BCUT2D eigenvalue weighted by Crippen LogP contribution is -2.12. The van der Waals surface area contributed by atoms with Crippen molar-refractivity contribution in [2.75, 3.05) is 5.32 Å². The number of carboxylic acid groups (broad SMARTS) is 1. The van der Waals surface area contributed by atoms with Crippen molar-refractivity contribution >= 4 is 29.1 Å². The molecule has 0 radical (unpaired) electrons. The number of carboxylic acids is 1. The first-order chi connectivity index (χ1) is 8.59. The molecule has 0 spiro atoms. The predicted molar refractivity (Wildman–Crippen MR) is 66.0 cm³/mol. The van der Waals surface area contributed by atoms with Gasteiger partial charge in [0, 0.05) is 5.69 Å². The van der Waals surface area contributed by atoms with Crippen molar-refractivity contribution in [3.63, 3.8) is 0 Å². The Bertz CT molecular complexity index is 596. The maximum atomic E-state index is 11.8. The molecule has 0 bridgehead atoms. The summed E-state index contributed by atoms with van der Waals surface area (Å²) >= 11 is 0.977. The van der Waals surface area contributed by atoms with E-state index in [2.05, 4.69) is 14.9 Å². The van der Waals surface area contributed by atoms with Crippen LogP contribution in [0.5, 0.6) is 0 Å². The number of nitrogens with one attached hydrogen (secondary N) is 1. The summed E-state index contributed by atoms with van der Waals surface area (Å²) in [7, 11) is 0. The molecule has 7 heteroatoms. The van der Waals surface area contributed by atoms with E-state index < -0.39 is 5.97 Å². The third kappa shape index (κ3) is 2.35. The molecule has 0 fully saturated rings. The van der Waals surface area contributed by atoms with Gasteiger partial charge in [-0.25, -0.2) is 4.79 Å². The topological polar surface area (TPSA) is 92.2 Å². The van der Waals surface area contributed by atoms with E-state index in [1.165, 1.54) is 12.3 Å². The van der Waals surface area contributed by atoms with Crippen LogP contribution in [0.4, 0.5) is 5.69 Å². The third-order valence-corrected chi connectivity index (χ3v) is 3.06. The van der Waals surface area contributed by atoms with Crippen molar-refractivity contribution in [2.45, 2.75) is 6.92 Å². The second kappa shape index (κ2) is 4.92. The van der Waals surface area contributed by atoms with Gasteiger partial charge < -0.3 is 10.4 Å². The van der Waals surface area contributed by atoms with E-state index in [1.54, 1.807) is 19.1 Å². The Hall–Kier alpha value is -2.28. The minimum Gasteiger partial charge on any atom is -0.478 e. The van der Waals surface area contributed by atoms with Crippen LogP contribution in [-0.2, 0) is 0 Å². The first-order valence-corrected chi connectivity index (χ1v) is 5.78. The minimum atomic E-state index is -1.02. The van der Waals surface area contributed by atoms with Gasteiger partial charge in [-0.1, -0.05) is 10.6 Å². The zero-order valence-electron chi connectivity index (χ0n) is 9.38. The van der Waals surface area contributed by atoms with Gasteiger partial charge in [0.2, 0.25) is 0 Å². The highest BCUT2D eigenvalue weighted by Gasteiger charge is 2.13. The summed E-state index contributed by atoms with van der Waals surface area (Å²) in [5.41, 5.74) is 1.14. The number of aromatic nitrogens is 2. The predicted octanol–water partition coefficient (Wildman–Crippen LogP) is 1.80. The summed E-state index contributed by atoms with van der Waals surface area (Å²) in [4.78, 5) is 23.1. The molecular formula is C11H9N3O3S. The van der Waals surface area contributed by atoms with Crippen molar-refractivity contribution in [3.05, 3.63) is 40.4 Å². The molecule has 1 aromatic heterocycles. The highest BCUT2D eigenvalue weighted by Crippen LogP contribution is 2.20. The van der Waals surface area contributed by atoms with Gasteiger partial charge >= 0.3 is 5.97 Å². The van der Waals surface area contributed by atoms with Gasteiger partial charge in [-0.2, -0.15) is 0 Å². The number of carbonyl (C=O) groups excluding carboxylic acids is 1. The van der Waals surface area contributed by atoms with Crippen molar-refractivity contribution in [1.29, 1.82) is 0 Å². The molecule has 0 unspecified atom stereocenters. The zero-order chi connectivity index (χ0) is 13.1. The molecular weight excluding hydrogens is 254 g/mol. The summed E-state index contributed by atoms with van der Waals surface area (Å²) in [5.74, 6) is -1.38. The highest BCUT2D eigenvalue weighted by atomic mass is 32.1. The Morgan fingerprint density at radius 3 is 2.78 bits per heavy atom. The smallest absolute Gasteiger partial charge is 0.336 e. The van der Waals surface area contributed by atoms with Crippen LogP contribution in [0, 0.1) is 6.92 Å². The van der Waals surface area contributed by atoms with E-state index in [0.29, 0.717) is 16.1 Å². The van der Waals surface area contributed by atoms with Crippen LogP contribution in [0.3, 0.4) is 0 Å². The molecule has 92 valence electrons. The van der Waals surface area contributed by atoms with Crippen LogP contribution in [0.2, 0.25) is 0 Å². The molecule has 2 aromatic rings. The van der Waals surface area contributed by atoms with Gasteiger partial charge in [-0.3, -0.25) is 4.79 Å². The lowest BCUT2D eigenvalue weighted by molar-refractivity contribution is 0.0695. The van der Waals surface area contributed by atoms with E-state index >= 15 is 0 Å². The molecule has 0 saturated heterocycles. The number of benzene rings is 1. The number of hydrogen-bond donors (Lipinski definition) is 2. The van der Waals surface area contributed by atoms with Crippen LogP contribution >= 0.6 is 11.5 Å². The Balaban J connectivity index is 2.27. The molecule has 1 amide bonds. The van der Waals surface area contributed by atoms with E-state index in [0.717, 1.165) is 11.5 Å². The van der Waals surface area contributed by atoms with Gasteiger partial charge in [0.05, 0.1) is 11.8 Å². The van der Waals surface area contributed by atoms with Crippen LogP contribution < -0.4 is 5.32 Å². The van der Waals surface area contributed by atoms with Crippen LogP contribution in [0.25, 0.3) is 0 Å². The molecule has 0 aliphatic rings. The quantitative estimate of drug-likeness (QED) is 0.880. The number of hydrogen-bond acceptors (Lipinski definition) is 5. The standard InChI is InChI=1S/C11H9N3O3S/c1-6-7(11(16)17)3-2-4-8(6)13-10(15)9-5-12-14-18-9/h2-5H,1H3,(H,13,15)(H,16,17). The summed E-state index contributed by atoms with van der Waals surface area (Å²) < 4.78 is 3.59. The summed E-state index contributed by atoms with van der Waals surface area (Å²) in [6.07, 6.45) is 1.36.